The van der Waals surface area contributed by atoms with E-state index in [0.29, 0.717) is 23.5 Å². The summed E-state index contributed by atoms with van der Waals surface area (Å²) in [7, 11) is 0. The van der Waals surface area contributed by atoms with Crippen molar-refractivity contribution in [2.45, 2.75) is 52.9 Å². The van der Waals surface area contributed by atoms with Crippen molar-refractivity contribution in [3.8, 4) is 16.9 Å². The molecule has 0 fully saturated rings. The van der Waals surface area contributed by atoms with Gasteiger partial charge < -0.3 is 9.15 Å². The average molecular weight is 364 g/mol. The molecule has 0 amide bonds. The van der Waals surface area contributed by atoms with Gasteiger partial charge in [-0.3, -0.25) is 0 Å². The lowest BCUT2D eigenvalue weighted by Gasteiger charge is -2.11. The van der Waals surface area contributed by atoms with Crippen LogP contribution < -0.4 is 10.4 Å². The van der Waals surface area contributed by atoms with Crippen LogP contribution in [0.4, 0.5) is 0 Å². The van der Waals surface area contributed by atoms with Gasteiger partial charge in [0.25, 0.3) is 0 Å². The molecule has 0 aliphatic rings. The maximum Gasteiger partial charge on any atom is 0.344 e. The second-order valence-electron chi connectivity index (χ2n) is 6.88. The molecule has 0 bridgehead atoms. The van der Waals surface area contributed by atoms with Crippen molar-refractivity contribution in [1.29, 1.82) is 0 Å². The van der Waals surface area contributed by atoms with Crippen LogP contribution in [0.1, 0.15) is 51.2 Å². The molecule has 1 aromatic heterocycles. The van der Waals surface area contributed by atoms with Crippen LogP contribution in [0.3, 0.4) is 0 Å². The topological polar surface area (TPSA) is 39.4 Å². The van der Waals surface area contributed by atoms with Gasteiger partial charge >= 0.3 is 5.63 Å². The predicted octanol–water partition coefficient (Wildman–Crippen LogP) is 6.15. The van der Waals surface area contributed by atoms with Crippen molar-refractivity contribution in [3.63, 3.8) is 0 Å². The molecule has 3 rings (SSSR count). The Morgan fingerprint density at radius 3 is 2.52 bits per heavy atom. The first-order valence-electron chi connectivity index (χ1n) is 9.99. The normalized spacial score (nSPS) is 11.1. The zero-order valence-electron chi connectivity index (χ0n) is 16.5. The highest BCUT2D eigenvalue weighted by Gasteiger charge is 2.12. The van der Waals surface area contributed by atoms with E-state index in [0.717, 1.165) is 23.8 Å². The Morgan fingerprint density at radius 1 is 0.926 bits per heavy atom. The first kappa shape index (κ1) is 19.2. The number of rotatable bonds is 8. The van der Waals surface area contributed by atoms with Crippen molar-refractivity contribution < 1.29 is 9.15 Å². The number of ether oxygens (including phenoxy) is 1. The van der Waals surface area contributed by atoms with Gasteiger partial charge in [0.2, 0.25) is 0 Å². The monoisotopic (exact) mass is 364 g/mol. The summed E-state index contributed by atoms with van der Waals surface area (Å²) >= 11 is 0. The minimum Gasteiger partial charge on any atom is -0.494 e. The van der Waals surface area contributed by atoms with Gasteiger partial charge in [0.15, 0.2) is 0 Å². The summed E-state index contributed by atoms with van der Waals surface area (Å²) < 4.78 is 11.1. The Hall–Kier alpha value is -2.55. The third-order valence-corrected chi connectivity index (χ3v) is 4.93. The van der Waals surface area contributed by atoms with Crippen LogP contribution in [-0.4, -0.2) is 6.61 Å². The van der Waals surface area contributed by atoms with Gasteiger partial charge in [0, 0.05) is 11.5 Å². The van der Waals surface area contributed by atoms with Gasteiger partial charge in [0.1, 0.15) is 11.3 Å². The smallest absolute Gasteiger partial charge is 0.344 e. The van der Waals surface area contributed by atoms with E-state index in [9.17, 15) is 4.79 Å². The molecule has 2 aromatic carbocycles. The largest absolute Gasteiger partial charge is 0.494 e. The van der Waals surface area contributed by atoms with Gasteiger partial charge in [-0.1, -0.05) is 44.9 Å². The maximum absolute atomic E-state index is 12.7. The van der Waals surface area contributed by atoms with Crippen LogP contribution in [0.25, 0.3) is 22.1 Å². The number of hydrogen-bond acceptors (Lipinski definition) is 3. The second kappa shape index (κ2) is 8.90. The lowest BCUT2D eigenvalue weighted by Crippen LogP contribution is -2.05. The average Bonchev–Trinajstić information content (AvgIpc) is 2.68. The van der Waals surface area contributed by atoms with E-state index < -0.39 is 0 Å². The maximum atomic E-state index is 12.7. The van der Waals surface area contributed by atoms with Gasteiger partial charge in [-0.05, 0) is 61.1 Å². The van der Waals surface area contributed by atoms with E-state index in [-0.39, 0.29) is 5.63 Å². The molecule has 0 aliphatic carbocycles. The van der Waals surface area contributed by atoms with Gasteiger partial charge in [0.05, 0.1) is 12.2 Å². The number of benzene rings is 2. The number of aryl methyl sites for hydroxylation is 2. The molecule has 0 unspecified atom stereocenters. The zero-order valence-corrected chi connectivity index (χ0v) is 16.5. The molecule has 0 atom stereocenters. The van der Waals surface area contributed by atoms with E-state index in [2.05, 4.69) is 32.0 Å². The molecule has 0 saturated carbocycles. The summed E-state index contributed by atoms with van der Waals surface area (Å²) in [5.74, 6) is 0.714. The van der Waals surface area contributed by atoms with Crippen molar-refractivity contribution in [2.24, 2.45) is 0 Å². The third-order valence-electron chi connectivity index (χ3n) is 4.93. The van der Waals surface area contributed by atoms with E-state index >= 15 is 0 Å². The highest BCUT2D eigenvalue weighted by molar-refractivity contribution is 5.83. The lowest BCUT2D eigenvalue weighted by atomic mass is 9.94. The number of hydrogen-bond donors (Lipinski definition) is 0. The van der Waals surface area contributed by atoms with Crippen LogP contribution in [0.15, 0.2) is 51.7 Å². The third kappa shape index (κ3) is 4.41. The number of fused-ring (bicyclic) bond motifs is 1. The van der Waals surface area contributed by atoms with Crippen molar-refractivity contribution in [2.75, 3.05) is 6.61 Å². The van der Waals surface area contributed by atoms with E-state index in [1.54, 1.807) is 6.07 Å². The standard InChI is InChI=1S/C24H28O3/c1-4-7-8-9-17-10-13-21(18(5-2)14-17)22-15-19-11-12-20(26-6-3)16-23(19)27-24(22)25/h10-16H,4-9H2,1-3H3. The molecular formula is C24H28O3. The molecule has 1 heterocycles. The molecule has 142 valence electrons. The van der Waals surface area contributed by atoms with Gasteiger partial charge in [-0.25, -0.2) is 4.79 Å². The van der Waals surface area contributed by atoms with Crippen LogP contribution in [0, 0.1) is 0 Å². The summed E-state index contributed by atoms with van der Waals surface area (Å²) in [5.41, 5.74) is 4.40. The second-order valence-corrected chi connectivity index (χ2v) is 6.88. The van der Waals surface area contributed by atoms with Crippen LogP contribution in [0.2, 0.25) is 0 Å². The fourth-order valence-corrected chi connectivity index (χ4v) is 3.47. The predicted molar refractivity (Wildman–Crippen MR) is 112 cm³/mol. The molecular weight excluding hydrogens is 336 g/mol. The van der Waals surface area contributed by atoms with Crippen molar-refractivity contribution in [3.05, 3.63) is 64.0 Å². The summed E-state index contributed by atoms with van der Waals surface area (Å²) in [5, 5.41) is 0.905. The molecule has 3 aromatic rings. The van der Waals surface area contributed by atoms with Crippen LogP contribution in [0.5, 0.6) is 5.75 Å². The highest BCUT2D eigenvalue weighted by atomic mass is 16.5. The summed E-state index contributed by atoms with van der Waals surface area (Å²) in [6.07, 6.45) is 5.66. The van der Waals surface area contributed by atoms with Crippen molar-refractivity contribution in [1.82, 2.24) is 0 Å². The summed E-state index contributed by atoms with van der Waals surface area (Å²) in [6.45, 7) is 6.86. The Balaban J connectivity index is 1.99. The molecule has 0 saturated heterocycles. The lowest BCUT2D eigenvalue weighted by molar-refractivity contribution is 0.340. The molecule has 3 heteroatoms. The first-order valence-corrected chi connectivity index (χ1v) is 9.99. The van der Waals surface area contributed by atoms with Gasteiger partial charge in [-0.15, -0.1) is 0 Å². The van der Waals surface area contributed by atoms with E-state index in [1.165, 1.54) is 30.4 Å². The van der Waals surface area contributed by atoms with Gasteiger partial charge in [-0.2, -0.15) is 0 Å². The van der Waals surface area contributed by atoms with Crippen LogP contribution >= 0.6 is 0 Å². The minimum absolute atomic E-state index is 0.301. The van der Waals surface area contributed by atoms with Crippen molar-refractivity contribution >= 4 is 11.0 Å². The molecule has 0 radical (unpaired) electrons. The fourth-order valence-electron chi connectivity index (χ4n) is 3.47. The Kier molecular flexibility index (Phi) is 6.33. The van der Waals surface area contributed by atoms with E-state index in [4.69, 9.17) is 9.15 Å². The molecule has 0 N–H and O–H groups in total. The number of unbranched alkanes of at least 4 members (excludes halogenated alkanes) is 2. The molecule has 3 nitrogen and oxygen atoms in total. The highest BCUT2D eigenvalue weighted by Crippen LogP contribution is 2.28. The Morgan fingerprint density at radius 2 is 1.78 bits per heavy atom. The summed E-state index contributed by atoms with van der Waals surface area (Å²) in [4.78, 5) is 12.7. The fraction of sp³-hybridized carbons (Fsp3) is 0.375. The van der Waals surface area contributed by atoms with E-state index in [1.807, 2.05) is 25.1 Å². The minimum atomic E-state index is -0.301. The Bertz CT molecular complexity index is 969. The molecule has 0 aliphatic heterocycles. The first-order chi connectivity index (χ1) is 13.2. The summed E-state index contributed by atoms with van der Waals surface area (Å²) in [6, 6.07) is 14.0. The molecule has 0 spiro atoms. The Labute approximate surface area is 161 Å². The zero-order chi connectivity index (χ0) is 19.2. The quantitative estimate of drug-likeness (QED) is 0.355. The van der Waals surface area contributed by atoms with Crippen LogP contribution in [-0.2, 0) is 12.8 Å². The SMILES string of the molecule is CCCCCc1ccc(-c2cc3ccc(OCC)cc3oc2=O)c(CC)c1. The molecule has 27 heavy (non-hydrogen) atoms.